The highest BCUT2D eigenvalue weighted by atomic mass is 35.5. The molecule has 0 unspecified atom stereocenters. The molecule has 28 heavy (non-hydrogen) atoms. The minimum Gasteiger partial charge on any atom is -0.506 e. The number of amides is 1. The highest BCUT2D eigenvalue weighted by Gasteiger charge is 2.20. The number of hydrazone groups is 1. The average Bonchev–Trinajstić information content (AvgIpc) is 2.69. The van der Waals surface area contributed by atoms with Gasteiger partial charge in [0, 0.05) is 16.5 Å². The molecule has 0 atom stereocenters. The SMILES string of the molecule is N/N=C(/C(=O)c1ccc(O)c(Cl)c1)c1ccc(OCC(N)=O)c2ccccc12. The van der Waals surface area contributed by atoms with Gasteiger partial charge < -0.3 is 21.4 Å². The number of nitrogens with two attached hydrogens (primary N) is 2. The number of nitrogens with zero attached hydrogens (tertiary/aromatic N) is 1. The van der Waals surface area contributed by atoms with Crippen molar-refractivity contribution in [3.8, 4) is 11.5 Å². The first kappa shape index (κ1) is 19.2. The van der Waals surface area contributed by atoms with Crippen molar-refractivity contribution in [3.63, 3.8) is 0 Å². The van der Waals surface area contributed by atoms with Crippen molar-refractivity contribution in [1.82, 2.24) is 0 Å². The Morgan fingerprint density at radius 2 is 1.79 bits per heavy atom. The van der Waals surface area contributed by atoms with Gasteiger partial charge in [0.1, 0.15) is 17.2 Å². The van der Waals surface area contributed by atoms with E-state index in [1.807, 2.05) is 0 Å². The molecule has 0 aromatic heterocycles. The van der Waals surface area contributed by atoms with Crippen LogP contribution in [0.3, 0.4) is 0 Å². The van der Waals surface area contributed by atoms with Crippen LogP contribution >= 0.6 is 11.6 Å². The summed E-state index contributed by atoms with van der Waals surface area (Å²) in [5.74, 6) is 4.78. The summed E-state index contributed by atoms with van der Waals surface area (Å²) >= 11 is 5.90. The van der Waals surface area contributed by atoms with E-state index in [-0.39, 0.29) is 28.7 Å². The number of carbonyl (C=O) groups excluding carboxylic acids is 2. The smallest absolute Gasteiger partial charge is 0.255 e. The van der Waals surface area contributed by atoms with Crippen molar-refractivity contribution in [1.29, 1.82) is 0 Å². The van der Waals surface area contributed by atoms with Gasteiger partial charge in [-0.2, -0.15) is 5.10 Å². The number of fused-ring (bicyclic) bond motifs is 1. The molecule has 1 amide bonds. The number of phenolic OH excluding ortho intramolecular Hbond substituents is 1. The van der Waals surface area contributed by atoms with Crippen LogP contribution in [-0.4, -0.2) is 29.1 Å². The summed E-state index contributed by atoms with van der Waals surface area (Å²) < 4.78 is 5.45. The largest absolute Gasteiger partial charge is 0.506 e. The Labute approximate surface area is 165 Å². The Morgan fingerprint density at radius 1 is 1.07 bits per heavy atom. The molecule has 0 saturated carbocycles. The lowest BCUT2D eigenvalue weighted by Crippen LogP contribution is -2.20. The highest BCUT2D eigenvalue weighted by Crippen LogP contribution is 2.30. The van der Waals surface area contributed by atoms with Gasteiger partial charge in [-0.3, -0.25) is 9.59 Å². The molecular formula is C20H16ClN3O4. The van der Waals surface area contributed by atoms with E-state index in [9.17, 15) is 14.7 Å². The molecule has 0 saturated heterocycles. The zero-order valence-electron chi connectivity index (χ0n) is 14.6. The summed E-state index contributed by atoms with van der Waals surface area (Å²) in [6.45, 7) is -0.272. The summed E-state index contributed by atoms with van der Waals surface area (Å²) in [4.78, 5) is 24.0. The first-order valence-corrected chi connectivity index (χ1v) is 8.54. The molecule has 0 aliphatic heterocycles. The molecule has 5 N–H and O–H groups in total. The topological polar surface area (TPSA) is 128 Å². The molecule has 8 heteroatoms. The van der Waals surface area contributed by atoms with Crippen LogP contribution in [0.25, 0.3) is 10.8 Å². The lowest BCUT2D eigenvalue weighted by atomic mass is 9.95. The summed E-state index contributed by atoms with van der Waals surface area (Å²) in [7, 11) is 0. The fourth-order valence-corrected chi connectivity index (χ4v) is 2.97. The Kier molecular flexibility index (Phi) is 5.47. The predicted molar refractivity (Wildman–Crippen MR) is 107 cm³/mol. The first-order chi connectivity index (χ1) is 13.4. The number of rotatable bonds is 6. The standard InChI is InChI=1S/C20H16ClN3O4/c21-15-9-11(5-7-16(15)25)20(27)19(24-23)14-6-8-17(28-10-18(22)26)13-4-2-1-3-12(13)14/h1-9,25H,10,23H2,(H2,22,26)/b24-19+. The molecule has 0 heterocycles. The fraction of sp³-hybridized carbons (Fsp3) is 0.0500. The van der Waals surface area contributed by atoms with Crippen molar-refractivity contribution in [2.75, 3.05) is 6.61 Å². The fourth-order valence-electron chi connectivity index (χ4n) is 2.79. The van der Waals surface area contributed by atoms with Gasteiger partial charge in [-0.1, -0.05) is 35.9 Å². The van der Waals surface area contributed by atoms with Gasteiger partial charge in [-0.05, 0) is 35.7 Å². The minimum absolute atomic E-state index is 0.0133. The van der Waals surface area contributed by atoms with E-state index in [0.717, 1.165) is 0 Å². The van der Waals surface area contributed by atoms with Gasteiger partial charge in [0.05, 0.1) is 5.02 Å². The third kappa shape index (κ3) is 3.74. The van der Waals surface area contributed by atoms with E-state index in [0.29, 0.717) is 22.1 Å². The van der Waals surface area contributed by atoms with Gasteiger partial charge in [0.25, 0.3) is 5.91 Å². The van der Waals surface area contributed by atoms with Gasteiger partial charge in [-0.15, -0.1) is 0 Å². The molecule has 0 fully saturated rings. The number of carbonyl (C=O) groups is 2. The Bertz CT molecular complexity index is 1110. The molecule has 7 nitrogen and oxygen atoms in total. The summed E-state index contributed by atoms with van der Waals surface area (Å²) in [6, 6.07) is 14.5. The maximum atomic E-state index is 12.9. The Hall–Kier alpha value is -3.58. The normalized spacial score (nSPS) is 11.4. The van der Waals surface area contributed by atoms with Crippen molar-refractivity contribution in [2.45, 2.75) is 0 Å². The van der Waals surface area contributed by atoms with Gasteiger partial charge >= 0.3 is 0 Å². The number of benzene rings is 3. The maximum Gasteiger partial charge on any atom is 0.255 e. The van der Waals surface area contributed by atoms with Crippen LogP contribution in [0.1, 0.15) is 15.9 Å². The molecule has 3 rings (SSSR count). The van der Waals surface area contributed by atoms with E-state index in [1.54, 1.807) is 36.4 Å². The lowest BCUT2D eigenvalue weighted by molar-refractivity contribution is -0.119. The molecule has 3 aromatic rings. The highest BCUT2D eigenvalue weighted by molar-refractivity contribution is 6.53. The lowest BCUT2D eigenvalue weighted by Gasteiger charge is -2.13. The van der Waals surface area contributed by atoms with E-state index < -0.39 is 11.7 Å². The summed E-state index contributed by atoms with van der Waals surface area (Å²) in [5, 5.41) is 14.6. The van der Waals surface area contributed by atoms with Crippen LogP contribution in [0.15, 0.2) is 59.7 Å². The second-order valence-electron chi connectivity index (χ2n) is 5.88. The molecule has 0 bridgehead atoms. The third-order valence-corrected chi connectivity index (χ3v) is 4.37. The van der Waals surface area contributed by atoms with Crippen molar-refractivity contribution in [3.05, 3.63) is 70.7 Å². The molecule has 3 aromatic carbocycles. The zero-order chi connectivity index (χ0) is 20.3. The van der Waals surface area contributed by atoms with Gasteiger partial charge in [0.15, 0.2) is 6.61 Å². The molecule has 142 valence electrons. The first-order valence-electron chi connectivity index (χ1n) is 8.16. The molecule has 0 aliphatic carbocycles. The Balaban J connectivity index is 2.08. The van der Waals surface area contributed by atoms with Crippen LogP contribution in [0.4, 0.5) is 0 Å². The zero-order valence-corrected chi connectivity index (χ0v) is 15.3. The third-order valence-electron chi connectivity index (χ3n) is 4.06. The number of ketones is 1. The number of hydrogen-bond donors (Lipinski definition) is 3. The van der Waals surface area contributed by atoms with E-state index in [4.69, 9.17) is 27.9 Å². The summed E-state index contributed by atoms with van der Waals surface area (Å²) in [5.41, 5.74) is 5.86. The molecule has 0 aliphatic rings. The van der Waals surface area contributed by atoms with Crippen molar-refractivity contribution in [2.24, 2.45) is 16.7 Å². The number of phenols is 1. The molecular weight excluding hydrogens is 382 g/mol. The van der Waals surface area contributed by atoms with Gasteiger partial charge in [0.2, 0.25) is 5.78 Å². The maximum absolute atomic E-state index is 12.9. The van der Waals surface area contributed by atoms with Crippen LogP contribution in [0, 0.1) is 0 Å². The Morgan fingerprint density at radius 3 is 2.43 bits per heavy atom. The minimum atomic E-state index is -0.600. The number of Topliss-reactive ketones (excluding diaryl/α,β-unsaturated/α-hetero) is 1. The average molecular weight is 398 g/mol. The van der Waals surface area contributed by atoms with Gasteiger partial charge in [-0.25, -0.2) is 0 Å². The second kappa shape index (κ2) is 7.98. The number of primary amides is 1. The second-order valence-corrected chi connectivity index (χ2v) is 6.29. The monoisotopic (exact) mass is 397 g/mol. The van der Waals surface area contributed by atoms with E-state index in [2.05, 4.69) is 5.10 Å². The van der Waals surface area contributed by atoms with Crippen molar-refractivity contribution < 1.29 is 19.4 Å². The van der Waals surface area contributed by atoms with E-state index in [1.165, 1.54) is 18.2 Å². The van der Waals surface area contributed by atoms with Crippen molar-refractivity contribution >= 4 is 39.8 Å². The van der Waals surface area contributed by atoms with Crippen LogP contribution < -0.4 is 16.3 Å². The number of aromatic hydroxyl groups is 1. The summed E-state index contributed by atoms with van der Waals surface area (Å²) in [6.07, 6.45) is 0. The van der Waals surface area contributed by atoms with E-state index >= 15 is 0 Å². The molecule has 0 radical (unpaired) electrons. The predicted octanol–water partition coefficient (Wildman–Crippen LogP) is 2.61. The number of ether oxygens (including phenoxy) is 1. The van der Waals surface area contributed by atoms with Crippen LogP contribution in [0.2, 0.25) is 5.02 Å². The number of halogens is 1. The van der Waals surface area contributed by atoms with Crippen LogP contribution in [0.5, 0.6) is 11.5 Å². The molecule has 0 spiro atoms. The van der Waals surface area contributed by atoms with Crippen LogP contribution in [-0.2, 0) is 4.79 Å². The number of hydrogen-bond acceptors (Lipinski definition) is 6. The quantitative estimate of drug-likeness (QED) is 0.255.